The zero-order valence-corrected chi connectivity index (χ0v) is 10.8. The van der Waals surface area contributed by atoms with E-state index >= 15 is 0 Å². The molecule has 1 aliphatic carbocycles. The second kappa shape index (κ2) is 7.66. The quantitative estimate of drug-likeness (QED) is 0.493. The van der Waals surface area contributed by atoms with Crippen LogP contribution >= 0.6 is 15.9 Å². The molecule has 0 amide bonds. The van der Waals surface area contributed by atoms with E-state index in [4.69, 9.17) is 4.74 Å². The molecule has 1 rings (SSSR count). The maximum Gasteiger partial charge on any atom is 0.0478 e. The van der Waals surface area contributed by atoms with E-state index in [0.29, 0.717) is 0 Å². The first-order valence-corrected chi connectivity index (χ1v) is 6.88. The lowest BCUT2D eigenvalue weighted by Crippen LogP contribution is -2.42. The molecule has 1 fully saturated rings. The number of alkyl halides is 1. The summed E-state index contributed by atoms with van der Waals surface area (Å²) in [6, 6.07) is 0.870. The smallest absolute Gasteiger partial charge is 0.0478 e. The van der Waals surface area contributed by atoms with E-state index in [1.807, 2.05) is 0 Å². The minimum Gasteiger partial charge on any atom is -0.382 e. The molecule has 0 atom stereocenters. The predicted octanol–water partition coefficient (Wildman–Crippen LogP) is 2.66. The van der Waals surface area contributed by atoms with Gasteiger partial charge in [-0.3, -0.25) is 4.90 Å². The lowest BCUT2D eigenvalue weighted by Gasteiger charge is -2.37. The molecule has 0 N–H and O–H groups in total. The highest BCUT2D eigenvalue weighted by Crippen LogP contribution is 2.24. The Labute approximate surface area is 96.1 Å². The van der Waals surface area contributed by atoms with E-state index in [1.54, 1.807) is 0 Å². The molecule has 0 bridgehead atoms. The van der Waals surface area contributed by atoms with Crippen molar-refractivity contribution < 1.29 is 4.74 Å². The fraction of sp³-hybridized carbons (Fsp3) is 1.00. The standard InChI is InChI=1S/C11H22BrNO/c1-2-14-10-4-8-13(9-7-12)11-5-3-6-11/h11H,2-10H2,1H3. The van der Waals surface area contributed by atoms with Crippen LogP contribution in [-0.4, -0.2) is 42.6 Å². The maximum atomic E-state index is 5.36. The molecule has 0 unspecified atom stereocenters. The Bertz CT molecular complexity index is 139. The lowest BCUT2D eigenvalue weighted by molar-refractivity contribution is 0.101. The summed E-state index contributed by atoms with van der Waals surface area (Å²) in [6.45, 7) is 6.22. The van der Waals surface area contributed by atoms with Crippen molar-refractivity contribution in [3.63, 3.8) is 0 Å². The Morgan fingerprint density at radius 2 is 2.14 bits per heavy atom. The Morgan fingerprint density at radius 1 is 1.36 bits per heavy atom. The predicted molar refractivity (Wildman–Crippen MR) is 64.1 cm³/mol. The molecule has 0 spiro atoms. The number of nitrogens with zero attached hydrogens (tertiary/aromatic N) is 1. The molecule has 1 aliphatic rings. The van der Waals surface area contributed by atoms with Gasteiger partial charge in [-0.25, -0.2) is 0 Å². The van der Waals surface area contributed by atoms with Crippen LogP contribution in [0.1, 0.15) is 32.6 Å². The van der Waals surface area contributed by atoms with Crippen molar-refractivity contribution in [2.45, 2.75) is 38.6 Å². The third kappa shape index (κ3) is 4.28. The van der Waals surface area contributed by atoms with Gasteiger partial charge < -0.3 is 4.74 Å². The Hall–Kier alpha value is 0.400. The minimum absolute atomic E-state index is 0.849. The number of rotatable bonds is 8. The summed E-state index contributed by atoms with van der Waals surface area (Å²) in [6.07, 6.45) is 5.41. The van der Waals surface area contributed by atoms with Crippen LogP contribution in [0.15, 0.2) is 0 Å². The van der Waals surface area contributed by atoms with Gasteiger partial charge in [0.05, 0.1) is 0 Å². The summed E-state index contributed by atoms with van der Waals surface area (Å²) < 4.78 is 5.36. The zero-order valence-electron chi connectivity index (χ0n) is 9.17. The number of hydrogen-bond acceptors (Lipinski definition) is 2. The summed E-state index contributed by atoms with van der Waals surface area (Å²) in [5.41, 5.74) is 0. The molecule has 0 aromatic rings. The van der Waals surface area contributed by atoms with Crippen LogP contribution in [0.2, 0.25) is 0 Å². The average molecular weight is 264 g/mol. The van der Waals surface area contributed by atoms with Crippen LogP contribution in [0.5, 0.6) is 0 Å². The first-order valence-electron chi connectivity index (χ1n) is 5.76. The maximum absolute atomic E-state index is 5.36. The second-order valence-electron chi connectivity index (χ2n) is 3.86. The third-order valence-electron chi connectivity index (χ3n) is 2.90. The number of ether oxygens (including phenoxy) is 1. The lowest BCUT2D eigenvalue weighted by atomic mass is 9.91. The van der Waals surface area contributed by atoms with Gasteiger partial charge in [-0.15, -0.1) is 0 Å². The fourth-order valence-electron chi connectivity index (χ4n) is 1.85. The number of halogens is 1. The van der Waals surface area contributed by atoms with Gasteiger partial charge in [-0.2, -0.15) is 0 Å². The normalized spacial score (nSPS) is 17.4. The van der Waals surface area contributed by atoms with Crippen molar-refractivity contribution in [3.05, 3.63) is 0 Å². The molecular formula is C11H22BrNO. The Morgan fingerprint density at radius 3 is 2.64 bits per heavy atom. The van der Waals surface area contributed by atoms with Gasteiger partial charge in [0, 0.05) is 37.7 Å². The van der Waals surface area contributed by atoms with Gasteiger partial charge in [-0.1, -0.05) is 22.4 Å². The van der Waals surface area contributed by atoms with Crippen LogP contribution in [0.25, 0.3) is 0 Å². The minimum atomic E-state index is 0.849. The van der Waals surface area contributed by atoms with Gasteiger partial charge in [0.1, 0.15) is 0 Å². The van der Waals surface area contributed by atoms with Crippen molar-refractivity contribution in [3.8, 4) is 0 Å². The molecule has 0 aromatic carbocycles. The summed E-state index contributed by atoms with van der Waals surface area (Å²) in [4.78, 5) is 2.61. The molecule has 0 saturated heterocycles. The fourth-order valence-corrected chi connectivity index (χ4v) is 2.31. The van der Waals surface area contributed by atoms with E-state index < -0.39 is 0 Å². The van der Waals surface area contributed by atoms with Crippen molar-refractivity contribution in [1.29, 1.82) is 0 Å². The second-order valence-corrected chi connectivity index (χ2v) is 4.65. The van der Waals surface area contributed by atoms with E-state index in [0.717, 1.165) is 24.6 Å². The highest BCUT2D eigenvalue weighted by molar-refractivity contribution is 9.09. The molecule has 2 nitrogen and oxygen atoms in total. The topological polar surface area (TPSA) is 12.5 Å². The molecule has 14 heavy (non-hydrogen) atoms. The molecule has 0 aromatic heterocycles. The van der Waals surface area contributed by atoms with E-state index in [1.165, 1.54) is 38.8 Å². The van der Waals surface area contributed by atoms with Gasteiger partial charge in [0.25, 0.3) is 0 Å². The highest BCUT2D eigenvalue weighted by atomic mass is 79.9. The molecule has 0 radical (unpaired) electrons. The summed E-state index contributed by atoms with van der Waals surface area (Å²) in [5.74, 6) is 0. The third-order valence-corrected chi connectivity index (χ3v) is 3.26. The monoisotopic (exact) mass is 263 g/mol. The zero-order chi connectivity index (χ0) is 10.2. The van der Waals surface area contributed by atoms with Crippen LogP contribution in [0.4, 0.5) is 0 Å². The van der Waals surface area contributed by atoms with Crippen LogP contribution in [0.3, 0.4) is 0 Å². The van der Waals surface area contributed by atoms with E-state index in [-0.39, 0.29) is 0 Å². The molecule has 84 valence electrons. The first kappa shape index (κ1) is 12.5. The van der Waals surface area contributed by atoms with Crippen LogP contribution < -0.4 is 0 Å². The summed E-state index contributed by atoms with van der Waals surface area (Å²) in [5, 5.41) is 1.10. The van der Waals surface area contributed by atoms with Crippen molar-refractivity contribution in [2.75, 3.05) is 31.6 Å². The molecule has 3 heteroatoms. The highest BCUT2D eigenvalue weighted by Gasteiger charge is 2.23. The van der Waals surface area contributed by atoms with Crippen LogP contribution in [0, 0.1) is 0 Å². The van der Waals surface area contributed by atoms with Gasteiger partial charge in [-0.05, 0) is 26.2 Å². The van der Waals surface area contributed by atoms with E-state index in [2.05, 4.69) is 27.8 Å². The van der Waals surface area contributed by atoms with Gasteiger partial charge in [0.2, 0.25) is 0 Å². The SMILES string of the molecule is CCOCCCN(CCBr)C1CCC1. The number of hydrogen-bond donors (Lipinski definition) is 0. The molecule has 1 saturated carbocycles. The summed E-state index contributed by atoms with van der Waals surface area (Å²) >= 11 is 3.52. The van der Waals surface area contributed by atoms with Crippen molar-refractivity contribution in [2.24, 2.45) is 0 Å². The largest absolute Gasteiger partial charge is 0.382 e. The molecule has 0 heterocycles. The van der Waals surface area contributed by atoms with E-state index in [9.17, 15) is 0 Å². The van der Waals surface area contributed by atoms with Crippen LogP contribution in [-0.2, 0) is 4.74 Å². The van der Waals surface area contributed by atoms with Crippen molar-refractivity contribution >= 4 is 15.9 Å². The molecule has 0 aliphatic heterocycles. The van der Waals surface area contributed by atoms with Crippen molar-refractivity contribution in [1.82, 2.24) is 4.90 Å². The summed E-state index contributed by atoms with van der Waals surface area (Å²) in [7, 11) is 0. The molecular weight excluding hydrogens is 242 g/mol. The Balaban J connectivity index is 2.08. The van der Waals surface area contributed by atoms with Gasteiger partial charge >= 0.3 is 0 Å². The Kier molecular flexibility index (Phi) is 6.82. The average Bonchev–Trinajstić information content (AvgIpc) is 2.10. The van der Waals surface area contributed by atoms with Gasteiger partial charge in [0.15, 0.2) is 0 Å². The first-order chi connectivity index (χ1) is 6.88.